The van der Waals surface area contributed by atoms with Crippen LogP contribution >= 0.6 is 11.3 Å². The van der Waals surface area contributed by atoms with Crippen LogP contribution in [-0.2, 0) is 29.2 Å². The van der Waals surface area contributed by atoms with Gasteiger partial charge in [-0.1, -0.05) is 12.1 Å². The van der Waals surface area contributed by atoms with Gasteiger partial charge in [0.25, 0.3) is 0 Å². The van der Waals surface area contributed by atoms with Crippen molar-refractivity contribution in [2.24, 2.45) is 0 Å². The summed E-state index contributed by atoms with van der Waals surface area (Å²) in [5.41, 5.74) is 2.51. The molecule has 0 N–H and O–H groups in total. The second-order valence-electron chi connectivity index (χ2n) is 6.12. The molecule has 5 nitrogen and oxygen atoms in total. The van der Waals surface area contributed by atoms with Crippen LogP contribution in [0.1, 0.15) is 21.8 Å². The quantitative estimate of drug-likeness (QED) is 0.522. The van der Waals surface area contributed by atoms with Crippen molar-refractivity contribution in [1.82, 2.24) is 4.98 Å². The highest BCUT2D eigenvalue weighted by atomic mass is 32.1. The van der Waals surface area contributed by atoms with Gasteiger partial charge in [0.15, 0.2) is 0 Å². The molecule has 0 saturated carbocycles. The summed E-state index contributed by atoms with van der Waals surface area (Å²) in [7, 11) is 1.60. The first kappa shape index (κ1) is 19.8. The molecule has 1 aromatic heterocycles. The normalized spacial score (nSPS) is 10.5. The number of aromatic nitrogens is 1. The number of benzene rings is 2. The monoisotopic (exact) mass is 401 g/mol. The standard InChI is InChI=1S/C21H20FNO4S/c1-14-3-4-15(9-19(14)25-2)10-21(24)27-11-17-13-28-20(23-17)12-26-18-7-5-16(22)6-8-18/h3-9,13H,10-12H2,1-2H3. The second kappa shape index (κ2) is 9.32. The van der Waals surface area contributed by atoms with Gasteiger partial charge in [0.05, 0.1) is 19.2 Å². The maximum Gasteiger partial charge on any atom is 0.310 e. The number of hydrogen-bond acceptors (Lipinski definition) is 6. The zero-order chi connectivity index (χ0) is 19.9. The summed E-state index contributed by atoms with van der Waals surface area (Å²) in [4.78, 5) is 16.5. The van der Waals surface area contributed by atoms with Gasteiger partial charge in [0.2, 0.25) is 0 Å². The maximum absolute atomic E-state index is 12.9. The summed E-state index contributed by atoms with van der Waals surface area (Å²) in [5.74, 6) is 0.673. The summed E-state index contributed by atoms with van der Waals surface area (Å²) >= 11 is 1.42. The maximum atomic E-state index is 12.9. The molecule has 7 heteroatoms. The lowest BCUT2D eigenvalue weighted by Crippen LogP contribution is -2.08. The number of halogens is 1. The van der Waals surface area contributed by atoms with Crippen molar-refractivity contribution in [1.29, 1.82) is 0 Å². The number of aryl methyl sites for hydroxylation is 1. The molecule has 1 heterocycles. The average molecular weight is 401 g/mol. The minimum atomic E-state index is -0.331. The molecular formula is C21H20FNO4S. The van der Waals surface area contributed by atoms with Crippen molar-refractivity contribution in [3.05, 3.63) is 75.5 Å². The van der Waals surface area contributed by atoms with Crippen molar-refractivity contribution in [3.8, 4) is 11.5 Å². The Bertz CT molecular complexity index is 940. The molecule has 2 aromatic carbocycles. The van der Waals surface area contributed by atoms with Crippen LogP contribution in [0.3, 0.4) is 0 Å². The summed E-state index contributed by atoms with van der Waals surface area (Å²) < 4.78 is 29.0. The van der Waals surface area contributed by atoms with E-state index >= 15 is 0 Å². The Hall–Kier alpha value is -2.93. The molecule has 146 valence electrons. The summed E-state index contributed by atoms with van der Waals surface area (Å²) in [5, 5.41) is 2.57. The van der Waals surface area contributed by atoms with E-state index in [-0.39, 0.29) is 31.4 Å². The fourth-order valence-corrected chi connectivity index (χ4v) is 3.19. The summed E-state index contributed by atoms with van der Waals surface area (Å²) in [6.07, 6.45) is 0.168. The van der Waals surface area contributed by atoms with Crippen molar-refractivity contribution < 1.29 is 23.4 Å². The molecule has 0 aliphatic carbocycles. The fourth-order valence-electron chi connectivity index (χ4n) is 2.50. The molecule has 0 atom stereocenters. The highest BCUT2D eigenvalue weighted by Gasteiger charge is 2.10. The summed E-state index contributed by atoms with van der Waals surface area (Å²) in [6, 6.07) is 11.4. The van der Waals surface area contributed by atoms with E-state index in [1.54, 1.807) is 19.2 Å². The first-order valence-corrected chi connectivity index (χ1v) is 9.52. The zero-order valence-electron chi connectivity index (χ0n) is 15.6. The van der Waals surface area contributed by atoms with Gasteiger partial charge in [-0.05, 0) is 48.4 Å². The van der Waals surface area contributed by atoms with Crippen LogP contribution in [0.2, 0.25) is 0 Å². The minimum Gasteiger partial charge on any atom is -0.496 e. The molecule has 0 spiro atoms. The van der Waals surface area contributed by atoms with Gasteiger partial charge in [0, 0.05) is 5.38 Å². The van der Waals surface area contributed by atoms with E-state index in [1.807, 2.05) is 30.5 Å². The number of hydrogen-bond donors (Lipinski definition) is 0. The first-order valence-electron chi connectivity index (χ1n) is 8.64. The smallest absolute Gasteiger partial charge is 0.310 e. The molecule has 0 amide bonds. The Kier molecular flexibility index (Phi) is 6.60. The van der Waals surface area contributed by atoms with Crippen LogP contribution in [0.25, 0.3) is 0 Å². The molecule has 0 fully saturated rings. The Labute approximate surface area is 166 Å². The molecule has 0 saturated heterocycles. The van der Waals surface area contributed by atoms with E-state index in [1.165, 1.54) is 23.5 Å². The Morgan fingerprint density at radius 1 is 1.14 bits per heavy atom. The Morgan fingerprint density at radius 2 is 1.93 bits per heavy atom. The number of rotatable bonds is 8. The minimum absolute atomic E-state index is 0.106. The molecule has 3 aromatic rings. The third-order valence-corrected chi connectivity index (χ3v) is 4.85. The van der Waals surface area contributed by atoms with Gasteiger partial charge < -0.3 is 14.2 Å². The lowest BCUT2D eigenvalue weighted by Gasteiger charge is -2.07. The van der Waals surface area contributed by atoms with Gasteiger partial charge in [-0.2, -0.15) is 0 Å². The van der Waals surface area contributed by atoms with Gasteiger partial charge in [-0.15, -0.1) is 11.3 Å². The van der Waals surface area contributed by atoms with Crippen molar-refractivity contribution in [2.75, 3.05) is 7.11 Å². The molecule has 28 heavy (non-hydrogen) atoms. The predicted molar refractivity (Wildman–Crippen MR) is 104 cm³/mol. The lowest BCUT2D eigenvalue weighted by atomic mass is 10.1. The third kappa shape index (κ3) is 5.53. The van der Waals surface area contributed by atoms with E-state index in [0.29, 0.717) is 11.4 Å². The van der Waals surface area contributed by atoms with Crippen LogP contribution in [0.4, 0.5) is 4.39 Å². The van der Waals surface area contributed by atoms with Crippen LogP contribution in [0, 0.1) is 12.7 Å². The number of carbonyl (C=O) groups is 1. The number of thiazole rings is 1. The van der Waals surface area contributed by atoms with Crippen LogP contribution < -0.4 is 9.47 Å². The Balaban J connectivity index is 1.47. The predicted octanol–water partition coefficient (Wildman–Crippen LogP) is 4.46. The largest absolute Gasteiger partial charge is 0.496 e. The second-order valence-corrected chi connectivity index (χ2v) is 7.06. The fraction of sp³-hybridized carbons (Fsp3) is 0.238. The van der Waals surface area contributed by atoms with Crippen molar-refractivity contribution >= 4 is 17.3 Å². The van der Waals surface area contributed by atoms with E-state index in [2.05, 4.69) is 4.98 Å². The Morgan fingerprint density at radius 3 is 2.68 bits per heavy atom. The molecule has 0 radical (unpaired) electrons. The average Bonchev–Trinajstić information content (AvgIpc) is 3.15. The zero-order valence-corrected chi connectivity index (χ0v) is 16.4. The van der Waals surface area contributed by atoms with Crippen LogP contribution in [0.15, 0.2) is 47.8 Å². The third-order valence-electron chi connectivity index (χ3n) is 3.98. The molecule has 0 aliphatic heterocycles. The van der Waals surface area contributed by atoms with Crippen molar-refractivity contribution in [3.63, 3.8) is 0 Å². The van der Waals surface area contributed by atoms with E-state index in [4.69, 9.17) is 14.2 Å². The van der Waals surface area contributed by atoms with E-state index < -0.39 is 0 Å². The molecule has 0 bridgehead atoms. The highest BCUT2D eigenvalue weighted by molar-refractivity contribution is 7.09. The van der Waals surface area contributed by atoms with E-state index in [0.717, 1.165) is 21.9 Å². The molecule has 0 unspecified atom stereocenters. The summed E-state index contributed by atoms with van der Waals surface area (Å²) in [6.45, 7) is 2.32. The van der Waals surface area contributed by atoms with Crippen molar-refractivity contribution in [2.45, 2.75) is 26.6 Å². The number of methoxy groups -OCH3 is 1. The highest BCUT2D eigenvalue weighted by Crippen LogP contribution is 2.20. The molecular weight excluding hydrogens is 381 g/mol. The molecule has 0 aliphatic rings. The number of nitrogens with zero attached hydrogens (tertiary/aromatic N) is 1. The van der Waals surface area contributed by atoms with E-state index in [9.17, 15) is 9.18 Å². The van der Waals surface area contributed by atoms with Crippen LogP contribution in [-0.4, -0.2) is 18.1 Å². The van der Waals surface area contributed by atoms with Gasteiger partial charge in [-0.25, -0.2) is 9.37 Å². The number of ether oxygens (including phenoxy) is 3. The van der Waals surface area contributed by atoms with Gasteiger partial charge in [0.1, 0.15) is 35.5 Å². The van der Waals surface area contributed by atoms with Crippen LogP contribution in [0.5, 0.6) is 11.5 Å². The first-order chi connectivity index (χ1) is 13.5. The van der Waals surface area contributed by atoms with Gasteiger partial charge >= 0.3 is 5.97 Å². The number of carbonyl (C=O) groups excluding carboxylic acids is 1. The number of esters is 1. The topological polar surface area (TPSA) is 57.7 Å². The van der Waals surface area contributed by atoms with Gasteiger partial charge in [-0.3, -0.25) is 4.79 Å². The molecule has 3 rings (SSSR count). The lowest BCUT2D eigenvalue weighted by molar-refractivity contribution is -0.144. The SMILES string of the molecule is COc1cc(CC(=O)OCc2csc(COc3ccc(F)cc3)n2)ccc1C.